The Labute approximate surface area is 132 Å². The summed E-state index contributed by atoms with van der Waals surface area (Å²) in [7, 11) is 0. The van der Waals surface area contributed by atoms with Crippen LogP contribution in [0.5, 0.6) is 0 Å². The zero-order valence-electron chi connectivity index (χ0n) is 13.9. The van der Waals surface area contributed by atoms with Crippen molar-refractivity contribution < 1.29 is 14.3 Å². The second-order valence-electron chi connectivity index (χ2n) is 6.93. The SMILES string of the molecule is CC(=O)c1ccc(CC2CCCN2C(=O)OC(C)(C)C)cc1. The molecule has 0 aromatic heterocycles. The summed E-state index contributed by atoms with van der Waals surface area (Å²) >= 11 is 0. The number of hydrogen-bond donors (Lipinski definition) is 0. The second kappa shape index (κ2) is 6.51. The van der Waals surface area contributed by atoms with E-state index in [1.54, 1.807) is 6.92 Å². The molecule has 1 aliphatic heterocycles. The molecule has 1 heterocycles. The average molecular weight is 303 g/mol. The lowest BCUT2D eigenvalue weighted by Gasteiger charge is -2.28. The number of carbonyl (C=O) groups is 2. The Morgan fingerprint density at radius 1 is 1.23 bits per heavy atom. The molecule has 2 rings (SSSR count). The molecular weight excluding hydrogens is 278 g/mol. The summed E-state index contributed by atoms with van der Waals surface area (Å²) in [6.07, 6.45) is 2.58. The minimum Gasteiger partial charge on any atom is -0.444 e. The van der Waals surface area contributed by atoms with Gasteiger partial charge >= 0.3 is 6.09 Å². The fourth-order valence-electron chi connectivity index (χ4n) is 2.76. The molecule has 1 aliphatic rings. The number of benzene rings is 1. The number of nitrogens with zero attached hydrogens (tertiary/aromatic N) is 1. The third-order valence-corrected chi connectivity index (χ3v) is 3.84. The summed E-state index contributed by atoms with van der Waals surface area (Å²) in [4.78, 5) is 25.4. The number of ketones is 1. The van der Waals surface area contributed by atoms with Gasteiger partial charge in [-0.15, -0.1) is 0 Å². The van der Waals surface area contributed by atoms with Crippen molar-refractivity contribution in [2.45, 2.75) is 58.6 Å². The number of ether oxygens (including phenoxy) is 1. The molecule has 0 N–H and O–H groups in total. The zero-order chi connectivity index (χ0) is 16.3. The zero-order valence-corrected chi connectivity index (χ0v) is 13.9. The van der Waals surface area contributed by atoms with Crippen LogP contribution < -0.4 is 0 Å². The van der Waals surface area contributed by atoms with Crippen LogP contribution >= 0.6 is 0 Å². The first-order valence-corrected chi connectivity index (χ1v) is 7.86. The molecule has 0 aliphatic carbocycles. The maximum absolute atomic E-state index is 12.3. The number of rotatable bonds is 3. The van der Waals surface area contributed by atoms with Gasteiger partial charge in [-0.2, -0.15) is 0 Å². The van der Waals surface area contributed by atoms with Crippen molar-refractivity contribution in [3.8, 4) is 0 Å². The molecular formula is C18H25NO3. The molecule has 1 fully saturated rings. The molecule has 1 aromatic carbocycles. The Morgan fingerprint density at radius 3 is 2.41 bits per heavy atom. The van der Waals surface area contributed by atoms with Crippen molar-refractivity contribution >= 4 is 11.9 Å². The van der Waals surface area contributed by atoms with Crippen molar-refractivity contribution in [1.82, 2.24) is 4.90 Å². The molecule has 1 unspecified atom stereocenters. The molecule has 0 spiro atoms. The van der Waals surface area contributed by atoms with Crippen molar-refractivity contribution in [2.75, 3.05) is 6.54 Å². The first kappa shape index (κ1) is 16.5. The van der Waals surface area contributed by atoms with Gasteiger partial charge in [0.25, 0.3) is 0 Å². The molecule has 4 nitrogen and oxygen atoms in total. The Hall–Kier alpha value is -1.84. The predicted molar refractivity (Wildman–Crippen MR) is 86.1 cm³/mol. The van der Waals surface area contributed by atoms with Crippen LogP contribution in [0.2, 0.25) is 0 Å². The van der Waals surface area contributed by atoms with Gasteiger partial charge in [0.2, 0.25) is 0 Å². The van der Waals surface area contributed by atoms with Gasteiger partial charge < -0.3 is 9.64 Å². The topological polar surface area (TPSA) is 46.6 Å². The summed E-state index contributed by atoms with van der Waals surface area (Å²) in [5, 5.41) is 0. The van der Waals surface area contributed by atoms with E-state index in [1.165, 1.54) is 0 Å². The smallest absolute Gasteiger partial charge is 0.410 e. The normalized spacial score (nSPS) is 18.4. The lowest BCUT2D eigenvalue weighted by atomic mass is 10.0. The van der Waals surface area contributed by atoms with Crippen LogP contribution in [0.3, 0.4) is 0 Å². The van der Waals surface area contributed by atoms with Crippen LogP contribution in [0.1, 0.15) is 56.5 Å². The van der Waals surface area contributed by atoms with Crippen LogP contribution in [0.15, 0.2) is 24.3 Å². The number of carbonyl (C=O) groups excluding carboxylic acids is 2. The highest BCUT2D eigenvalue weighted by Crippen LogP contribution is 2.24. The van der Waals surface area contributed by atoms with Crippen LogP contribution in [-0.4, -0.2) is 35.0 Å². The van der Waals surface area contributed by atoms with E-state index in [0.29, 0.717) is 0 Å². The monoisotopic (exact) mass is 303 g/mol. The lowest BCUT2D eigenvalue weighted by Crippen LogP contribution is -2.40. The van der Waals surface area contributed by atoms with Crippen LogP contribution in [0, 0.1) is 0 Å². The van der Waals surface area contributed by atoms with Crippen molar-refractivity contribution in [1.29, 1.82) is 0 Å². The lowest BCUT2D eigenvalue weighted by molar-refractivity contribution is 0.0226. The van der Waals surface area contributed by atoms with Crippen LogP contribution in [-0.2, 0) is 11.2 Å². The first-order valence-electron chi connectivity index (χ1n) is 7.86. The van der Waals surface area contributed by atoms with Crippen LogP contribution in [0.4, 0.5) is 4.79 Å². The second-order valence-corrected chi connectivity index (χ2v) is 6.93. The van der Waals surface area contributed by atoms with E-state index in [0.717, 1.165) is 36.9 Å². The Balaban J connectivity index is 2.02. The third kappa shape index (κ3) is 4.33. The van der Waals surface area contributed by atoms with Crippen molar-refractivity contribution in [3.63, 3.8) is 0 Å². The number of hydrogen-bond acceptors (Lipinski definition) is 3. The number of likely N-dealkylation sites (tertiary alicyclic amines) is 1. The number of amides is 1. The van der Waals surface area contributed by atoms with Gasteiger partial charge in [-0.05, 0) is 52.5 Å². The summed E-state index contributed by atoms with van der Waals surface area (Å²) in [6, 6.07) is 7.83. The van der Waals surface area contributed by atoms with Gasteiger partial charge in [0, 0.05) is 18.2 Å². The van der Waals surface area contributed by atoms with Gasteiger partial charge in [0.15, 0.2) is 5.78 Å². The van der Waals surface area contributed by atoms with Crippen molar-refractivity contribution in [3.05, 3.63) is 35.4 Å². The van der Waals surface area contributed by atoms with E-state index >= 15 is 0 Å². The largest absolute Gasteiger partial charge is 0.444 e. The molecule has 22 heavy (non-hydrogen) atoms. The highest BCUT2D eigenvalue weighted by Gasteiger charge is 2.32. The van der Waals surface area contributed by atoms with E-state index < -0.39 is 5.60 Å². The van der Waals surface area contributed by atoms with E-state index in [4.69, 9.17) is 4.74 Å². The highest BCUT2D eigenvalue weighted by molar-refractivity contribution is 5.94. The van der Waals surface area contributed by atoms with Gasteiger partial charge in [-0.25, -0.2) is 4.79 Å². The molecule has 1 saturated heterocycles. The molecule has 0 radical (unpaired) electrons. The van der Waals surface area contributed by atoms with Gasteiger partial charge in [-0.3, -0.25) is 4.79 Å². The van der Waals surface area contributed by atoms with Gasteiger partial charge in [0.05, 0.1) is 0 Å². The first-order chi connectivity index (χ1) is 10.3. The van der Waals surface area contributed by atoms with E-state index in [2.05, 4.69) is 0 Å². The standard InChI is InChI=1S/C18H25NO3/c1-13(20)15-9-7-14(8-10-15)12-16-6-5-11-19(16)17(21)22-18(2,3)4/h7-10,16H,5-6,11-12H2,1-4H3. The fourth-order valence-corrected chi connectivity index (χ4v) is 2.76. The number of Topliss-reactive ketones (excluding diaryl/α,β-unsaturated/α-hetero) is 1. The molecule has 1 amide bonds. The molecule has 0 saturated carbocycles. The fraction of sp³-hybridized carbons (Fsp3) is 0.556. The predicted octanol–water partition coefficient (Wildman–Crippen LogP) is 3.83. The third-order valence-electron chi connectivity index (χ3n) is 3.84. The summed E-state index contributed by atoms with van der Waals surface area (Å²) in [5.41, 5.74) is 1.40. The minimum atomic E-state index is -0.465. The molecule has 120 valence electrons. The summed E-state index contributed by atoms with van der Waals surface area (Å²) in [6.45, 7) is 7.98. The maximum atomic E-state index is 12.3. The van der Waals surface area contributed by atoms with Gasteiger partial charge in [0.1, 0.15) is 5.60 Å². The molecule has 1 atom stereocenters. The van der Waals surface area contributed by atoms with E-state index in [-0.39, 0.29) is 17.9 Å². The highest BCUT2D eigenvalue weighted by atomic mass is 16.6. The molecule has 1 aromatic rings. The summed E-state index contributed by atoms with van der Waals surface area (Å²) in [5.74, 6) is 0.0720. The van der Waals surface area contributed by atoms with Crippen LogP contribution in [0.25, 0.3) is 0 Å². The molecule has 4 heteroatoms. The average Bonchev–Trinajstić information content (AvgIpc) is 2.85. The maximum Gasteiger partial charge on any atom is 0.410 e. The summed E-state index contributed by atoms with van der Waals surface area (Å²) < 4.78 is 5.48. The van der Waals surface area contributed by atoms with Crippen molar-refractivity contribution in [2.24, 2.45) is 0 Å². The minimum absolute atomic E-state index is 0.0720. The molecule has 0 bridgehead atoms. The van der Waals surface area contributed by atoms with E-state index in [1.807, 2.05) is 49.9 Å². The van der Waals surface area contributed by atoms with Gasteiger partial charge in [-0.1, -0.05) is 24.3 Å². The Kier molecular flexibility index (Phi) is 4.89. The Morgan fingerprint density at radius 2 is 1.86 bits per heavy atom. The quantitative estimate of drug-likeness (QED) is 0.797. The Bertz CT molecular complexity index is 542. The van der Waals surface area contributed by atoms with E-state index in [9.17, 15) is 9.59 Å².